The Morgan fingerprint density at radius 2 is 1.85 bits per heavy atom. The number of benzene rings is 1. The summed E-state index contributed by atoms with van der Waals surface area (Å²) in [5, 5.41) is 0. The van der Waals surface area contributed by atoms with Gasteiger partial charge in [-0.3, -0.25) is 23.5 Å². The monoisotopic (exact) mass is 371 g/mol. The minimum atomic E-state index is -0.803. The summed E-state index contributed by atoms with van der Waals surface area (Å²) < 4.78 is 7.00. The topological polar surface area (TPSA) is 113 Å². The Morgan fingerprint density at radius 3 is 2.44 bits per heavy atom. The maximum atomic E-state index is 12.5. The third-order valence-corrected chi connectivity index (χ3v) is 4.80. The van der Waals surface area contributed by atoms with Crippen molar-refractivity contribution >= 4 is 17.6 Å². The van der Waals surface area contributed by atoms with Crippen LogP contribution in [0.3, 0.4) is 0 Å². The molecule has 0 bridgehead atoms. The number of Topliss-reactive ketones (excluding diaryl/α,β-unsaturated/α-hetero) is 1. The van der Waals surface area contributed by atoms with Crippen LogP contribution in [0.1, 0.15) is 29.3 Å². The molecule has 27 heavy (non-hydrogen) atoms. The lowest BCUT2D eigenvalue weighted by Crippen LogP contribution is -2.43. The summed E-state index contributed by atoms with van der Waals surface area (Å²) in [5.74, 6) is -1.35. The molecule has 0 radical (unpaired) electrons. The molecule has 1 saturated carbocycles. The van der Waals surface area contributed by atoms with Crippen molar-refractivity contribution in [3.8, 4) is 0 Å². The molecule has 2 N–H and O–H groups in total. The third-order valence-electron chi connectivity index (χ3n) is 4.80. The van der Waals surface area contributed by atoms with Crippen LogP contribution in [0.2, 0.25) is 0 Å². The first-order valence-electron chi connectivity index (χ1n) is 8.64. The van der Waals surface area contributed by atoms with Crippen molar-refractivity contribution in [3.05, 3.63) is 62.3 Å². The Bertz CT molecular complexity index is 1010. The zero-order valence-corrected chi connectivity index (χ0v) is 15.2. The van der Waals surface area contributed by atoms with E-state index in [9.17, 15) is 19.2 Å². The maximum absolute atomic E-state index is 12.5. The quantitative estimate of drug-likeness (QED) is 0.586. The van der Waals surface area contributed by atoms with E-state index in [1.807, 2.05) is 25.1 Å². The van der Waals surface area contributed by atoms with Crippen LogP contribution in [0.25, 0.3) is 0 Å². The lowest BCUT2D eigenvalue weighted by molar-refractivity contribution is -0.144. The second-order valence-electron chi connectivity index (χ2n) is 6.83. The van der Waals surface area contributed by atoms with Gasteiger partial charge >= 0.3 is 11.7 Å². The Hall–Kier alpha value is -3.16. The van der Waals surface area contributed by atoms with Gasteiger partial charge in [0.15, 0.2) is 6.61 Å². The summed E-state index contributed by atoms with van der Waals surface area (Å²) in [7, 11) is 1.28. The number of nitrogens with zero attached hydrogens (tertiary/aromatic N) is 2. The largest absolute Gasteiger partial charge is 0.457 e. The fourth-order valence-corrected chi connectivity index (χ4v) is 2.93. The maximum Gasteiger partial charge on any atom is 0.332 e. The molecular weight excluding hydrogens is 350 g/mol. The number of aromatic nitrogens is 2. The molecule has 142 valence electrons. The number of carbonyl (C=O) groups is 2. The lowest BCUT2D eigenvalue weighted by atomic mass is 10.2. The van der Waals surface area contributed by atoms with Crippen molar-refractivity contribution < 1.29 is 14.3 Å². The summed E-state index contributed by atoms with van der Waals surface area (Å²) in [6.07, 6.45) is 0.735. The molecule has 8 heteroatoms. The third kappa shape index (κ3) is 3.69. The van der Waals surface area contributed by atoms with Gasteiger partial charge in [0.05, 0.1) is 12.5 Å². The van der Waals surface area contributed by atoms with Gasteiger partial charge in [-0.2, -0.15) is 0 Å². The predicted octanol–water partition coefficient (Wildman–Crippen LogP) is 0.559. The number of nitrogens with two attached hydrogens (primary N) is 1. The number of anilines is 1. The summed E-state index contributed by atoms with van der Waals surface area (Å²) in [4.78, 5) is 49.2. The van der Waals surface area contributed by atoms with Gasteiger partial charge in [-0.25, -0.2) is 4.79 Å². The van der Waals surface area contributed by atoms with Crippen molar-refractivity contribution in [1.29, 1.82) is 0 Å². The molecule has 2 atom stereocenters. The van der Waals surface area contributed by atoms with E-state index in [0.717, 1.165) is 21.1 Å². The van der Waals surface area contributed by atoms with E-state index in [-0.39, 0.29) is 29.8 Å². The van der Waals surface area contributed by atoms with E-state index in [4.69, 9.17) is 10.5 Å². The molecule has 1 aromatic carbocycles. The molecule has 1 aromatic heterocycles. The second-order valence-corrected chi connectivity index (χ2v) is 6.83. The highest BCUT2D eigenvalue weighted by molar-refractivity contribution is 6.01. The van der Waals surface area contributed by atoms with E-state index < -0.39 is 29.6 Å². The molecule has 2 aromatic rings. The number of rotatable bonds is 6. The van der Waals surface area contributed by atoms with Crippen LogP contribution in [0.15, 0.2) is 39.9 Å². The standard InChI is InChI=1S/C19H21N3O5/c1-11-8-13(11)18(25)27-10-14(23)15-16(20)22(19(26)21(2)17(15)24)9-12-6-4-3-5-7-12/h3-7,11,13H,8-10,20H2,1-2H3. The number of nitrogen functional groups attached to an aromatic ring is 1. The Kier molecular flexibility index (Phi) is 4.98. The van der Waals surface area contributed by atoms with Crippen LogP contribution in [0.5, 0.6) is 0 Å². The lowest BCUT2D eigenvalue weighted by Gasteiger charge is -2.14. The van der Waals surface area contributed by atoms with E-state index in [2.05, 4.69) is 0 Å². The summed E-state index contributed by atoms with van der Waals surface area (Å²) in [6, 6.07) is 9.06. The molecule has 1 aliphatic rings. The SMILES string of the molecule is CC1CC1C(=O)OCC(=O)c1c(N)n(Cc2ccccc2)c(=O)n(C)c1=O. The average Bonchev–Trinajstić information content (AvgIpc) is 3.39. The molecule has 1 heterocycles. The molecule has 1 fully saturated rings. The van der Waals surface area contributed by atoms with Crippen molar-refractivity contribution in [1.82, 2.24) is 9.13 Å². The predicted molar refractivity (Wildman–Crippen MR) is 98.5 cm³/mol. The zero-order valence-electron chi connectivity index (χ0n) is 15.2. The first-order chi connectivity index (χ1) is 12.8. The highest BCUT2D eigenvalue weighted by Gasteiger charge is 2.40. The van der Waals surface area contributed by atoms with Crippen molar-refractivity contribution in [2.24, 2.45) is 18.9 Å². The Balaban J connectivity index is 1.90. The van der Waals surface area contributed by atoms with Crippen molar-refractivity contribution in [2.75, 3.05) is 12.3 Å². The van der Waals surface area contributed by atoms with E-state index in [0.29, 0.717) is 0 Å². The number of ether oxygens (including phenoxy) is 1. The summed E-state index contributed by atoms with van der Waals surface area (Å²) in [6.45, 7) is 1.45. The van der Waals surface area contributed by atoms with Gasteiger partial charge in [0.1, 0.15) is 11.4 Å². The van der Waals surface area contributed by atoms with Crippen LogP contribution in [-0.4, -0.2) is 27.5 Å². The molecule has 0 spiro atoms. The zero-order chi connectivity index (χ0) is 19.7. The highest BCUT2D eigenvalue weighted by Crippen LogP contribution is 2.38. The first kappa shape index (κ1) is 18.6. The number of hydrogen-bond donors (Lipinski definition) is 1. The van der Waals surface area contributed by atoms with Crippen molar-refractivity contribution in [3.63, 3.8) is 0 Å². The fraction of sp³-hybridized carbons (Fsp3) is 0.368. The summed E-state index contributed by atoms with van der Waals surface area (Å²) in [5.41, 5.74) is 5.01. The minimum absolute atomic E-state index is 0.110. The van der Waals surface area contributed by atoms with Gasteiger partial charge in [0, 0.05) is 7.05 Å². The van der Waals surface area contributed by atoms with Gasteiger partial charge < -0.3 is 10.5 Å². The van der Waals surface area contributed by atoms with Gasteiger partial charge in [-0.1, -0.05) is 37.3 Å². The number of ketones is 1. The van der Waals surface area contributed by atoms with E-state index in [1.54, 1.807) is 12.1 Å². The van der Waals surface area contributed by atoms with Crippen molar-refractivity contribution in [2.45, 2.75) is 19.9 Å². The molecule has 0 amide bonds. The first-order valence-corrected chi connectivity index (χ1v) is 8.64. The normalized spacial score (nSPS) is 18.1. The molecule has 0 saturated heterocycles. The average molecular weight is 371 g/mol. The highest BCUT2D eigenvalue weighted by atomic mass is 16.5. The van der Waals surface area contributed by atoms with Gasteiger partial charge in [0.2, 0.25) is 5.78 Å². The Labute approximate surface area is 155 Å². The number of carbonyl (C=O) groups excluding carboxylic acids is 2. The molecular formula is C19H21N3O5. The fourth-order valence-electron chi connectivity index (χ4n) is 2.93. The smallest absolute Gasteiger partial charge is 0.332 e. The van der Waals surface area contributed by atoms with Crippen LogP contribution in [-0.2, 0) is 23.1 Å². The molecule has 2 unspecified atom stereocenters. The molecule has 8 nitrogen and oxygen atoms in total. The minimum Gasteiger partial charge on any atom is -0.457 e. The van der Waals surface area contributed by atoms with Gasteiger partial charge in [-0.05, 0) is 17.9 Å². The summed E-state index contributed by atoms with van der Waals surface area (Å²) >= 11 is 0. The van der Waals surface area contributed by atoms with Crippen LogP contribution in [0.4, 0.5) is 5.82 Å². The van der Waals surface area contributed by atoms with Gasteiger partial charge in [0.25, 0.3) is 5.56 Å². The molecule has 3 rings (SSSR count). The van der Waals surface area contributed by atoms with Crippen LogP contribution in [0, 0.1) is 11.8 Å². The second kappa shape index (κ2) is 7.22. The van der Waals surface area contributed by atoms with Gasteiger partial charge in [-0.15, -0.1) is 0 Å². The van der Waals surface area contributed by atoms with Crippen LogP contribution >= 0.6 is 0 Å². The Morgan fingerprint density at radius 1 is 1.22 bits per heavy atom. The molecule has 0 aliphatic heterocycles. The van der Waals surface area contributed by atoms with Crippen LogP contribution < -0.4 is 17.0 Å². The van der Waals surface area contributed by atoms with E-state index >= 15 is 0 Å². The number of hydrogen-bond acceptors (Lipinski definition) is 6. The van der Waals surface area contributed by atoms with E-state index in [1.165, 1.54) is 7.05 Å². The molecule has 1 aliphatic carbocycles. The number of esters is 1.